The fraction of sp³-hybridized carbons (Fsp3) is 0.583. The van der Waals surface area contributed by atoms with Crippen molar-refractivity contribution in [2.24, 2.45) is 0 Å². The zero-order valence-corrected chi connectivity index (χ0v) is 9.94. The van der Waals surface area contributed by atoms with E-state index in [9.17, 15) is 4.79 Å². The summed E-state index contributed by atoms with van der Waals surface area (Å²) in [6, 6.07) is 4.50. The van der Waals surface area contributed by atoms with Gasteiger partial charge in [0.05, 0.1) is 12.6 Å². The Bertz CT molecular complexity index is 345. The van der Waals surface area contributed by atoms with Gasteiger partial charge in [0.2, 0.25) is 5.91 Å². The van der Waals surface area contributed by atoms with Crippen molar-refractivity contribution in [3.63, 3.8) is 0 Å². The summed E-state index contributed by atoms with van der Waals surface area (Å²) in [6.45, 7) is 1.54. The minimum atomic E-state index is 0.179. The fourth-order valence-electron chi connectivity index (χ4n) is 2.23. The number of likely N-dealkylation sites (N-methyl/N-ethyl adjacent to an activating group) is 1. The molecule has 1 fully saturated rings. The average molecular weight is 221 g/mol. The SMILES string of the molecule is CN(C)C(=O)CN1CCCC1c1ccc[nH]1. The Morgan fingerprint density at radius 2 is 2.44 bits per heavy atom. The van der Waals surface area contributed by atoms with Crippen LogP contribution < -0.4 is 0 Å². The highest BCUT2D eigenvalue weighted by Gasteiger charge is 2.28. The van der Waals surface area contributed by atoms with Crippen LogP contribution in [0.15, 0.2) is 18.3 Å². The Hall–Kier alpha value is -1.29. The quantitative estimate of drug-likeness (QED) is 0.834. The maximum absolute atomic E-state index is 11.7. The van der Waals surface area contributed by atoms with Crippen LogP contribution >= 0.6 is 0 Å². The van der Waals surface area contributed by atoms with Crippen molar-refractivity contribution in [2.75, 3.05) is 27.2 Å². The molecule has 1 amide bonds. The minimum absolute atomic E-state index is 0.179. The molecule has 0 spiro atoms. The number of carbonyl (C=O) groups is 1. The number of hydrogen-bond acceptors (Lipinski definition) is 2. The van der Waals surface area contributed by atoms with Gasteiger partial charge in [-0.2, -0.15) is 0 Å². The van der Waals surface area contributed by atoms with Crippen LogP contribution in [0.1, 0.15) is 24.6 Å². The number of nitrogens with one attached hydrogen (secondary N) is 1. The number of aromatic amines is 1. The second-order valence-corrected chi connectivity index (χ2v) is 4.54. The Kier molecular flexibility index (Phi) is 3.29. The van der Waals surface area contributed by atoms with Gasteiger partial charge in [-0.05, 0) is 31.5 Å². The van der Waals surface area contributed by atoms with E-state index in [1.807, 2.05) is 26.4 Å². The van der Waals surface area contributed by atoms with Gasteiger partial charge in [-0.1, -0.05) is 0 Å². The number of rotatable bonds is 3. The molecule has 0 saturated carbocycles. The molecule has 16 heavy (non-hydrogen) atoms. The minimum Gasteiger partial charge on any atom is -0.364 e. The number of likely N-dealkylation sites (tertiary alicyclic amines) is 1. The highest BCUT2D eigenvalue weighted by Crippen LogP contribution is 2.30. The molecule has 1 N–H and O–H groups in total. The number of hydrogen-bond donors (Lipinski definition) is 1. The summed E-state index contributed by atoms with van der Waals surface area (Å²) in [5.74, 6) is 0.179. The van der Waals surface area contributed by atoms with E-state index in [0.29, 0.717) is 12.6 Å². The van der Waals surface area contributed by atoms with Crippen molar-refractivity contribution >= 4 is 5.91 Å². The summed E-state index contributed by atoms with van der Waals surface area (Å²) in [5.41, 5.74) is 1.23. The molecule has 1 aliphatic rings. The molecule has 1 aliphatic heterocycles. The van der Waals surface area contributed by atoms with Gasteiger partial charge in [0.15, 0.2) is 0 Å². The van der Waals surface area contributed by atoms with Crippen LogP contribution in [0, 0.1) is 0 Å². The van der Waals surface area contributed by atoms with Gasteiger partial charge in [-0.15, -0.1) is 0 Å². The Morgan fingerprint density at radius 3 is 3.06 bits per heavy atom. The second kappa shape index (κ2) is 4.70. The van der Waals surface area contributed by atoms with Gasteiger partial charge in [-0.25, -0.2) is 0 Å². The number of amides is 1. The molecule has 0 radical (unpaired) electrons. The lowest BCUT2D eigenvalue weighted by Crippen LogP contribution is -2.36. The first-order valence-corrected chi connectivity index (χ1v) is 5.76. The topological polar surface area (TPSA) is 39.3 Å². The summed E-state index contributed by atoms with van der Waals surface area (Å²) in [4.78, 5) is 18.8. The normalized spacial score (nSPS) is 21.2. The summed E-state index contributed by atoms with van der Waals surface area (Å²) in [5, 5.41) is 0. The van der Waals surface area contributed by atoms with E-state index in [4.69, 9.17) is 0 Å². The summed E-state index contributed by atoms with van der Waals surface area (Å²) < 4.78 is 0. The van der Waals surface area contributed by atoms with E-state index >= 15 is 0 Å². The summed E-state index contributed by atoms with van der Waals surface area (Å²) in [6.07, 6.45) is 4.26. The molecule has 0 aromatic carbocycles. The van der Waals surface area contributed by atoms with E-state index in [2.05, 4.69) is 16.0 Å². The second-order valence-electron chi connectivity index (χ2n) is 4.54. The van der Waals surface area contributed by atoms with Gasteiger partial charge < -0.3 is 9.88 Å². The van der Waals surface area contributed by atoms with Crippen LogP contribution in [-0.4, -0.2) is 47.9 Å². The molecule has 1 aromatic heterocycles. The molecule has 1 saturated heterocycles. The summed E-state index contributed by atoms with van der Waals surface area (Å²) >= 11 is 0. The molecule has 2 heterocycles. The van der Waals surface area contributed by atoms with Gasteiger partial charge in [0.25, 0.3) is 0 Å². The van der Waals surface area contributed by atoms with Crippen molar-refractivity contribution in [1.82, 2.24) is 14.8 Å². The van der Waals surface area contributed by atoms with Gasteiger partial charge in [0.1, 0.15) is 0 Å². The number of aromatic nitrogens is 1. The molecule has 1 aromatic rings. The Morgan fingerprint density at radius 1 is 1.62 bits per heavy atom. The van der Waals surface area contributed by atoms with Crippen LogP contribution in [0.4, 0.5) is 0 Å². The molecular formula is C12H19N3O. The molecule has 0 bridgehead atoms. The third kappa shape index (κ3) is 2.27. The monoisotopic (exact) mass is 221 g/mol. The van der Waals surface area contributed by atoms with E-state index in [1.54, 1.807) is 4.90 Å². The lowest BCUT2D eigenvalue weighted by atomic mass is 10.1. The van der Waals surface area contributed by atoms with Crippen LogP contribution in [0.5, 0.6) is 0 Å². The van der Waals surface area contributed by atoms with Gasteiger partial charge >= 0.3 is 0 Å². The number of nitrogens with zero attached hydrogens (tertiary/aromatic N) is 2. The maximum atomic E-state index is 11.7. The first kappa shape index (κ1) is 11.2. The van der Waals surface area contributed by atoms with E-state index in [0.717, 1.165) is 13.0 Å². The predicted octanol–water partition coefficient (Wildman–Crippen LogP) is 1.24. The molecule has 4 heteroatoms. The highest BCUT2D eigenvalue weighted by molar-refractivity contribution is 5.77. The van der Waals surface area contributed by atoms with Crippen LogP contribution in [0.3, 0.4) is 0 Å². The van der Waals surface area contributed by atoms with E-state index < -0.39 is 0 Å². The lowest BCUT2D eigenvalue weighted by Gasteiger charge is -2.24. The molecule has 1 unspecified atom stereocenters. The van der Waals surface area contributed by atoms with Crippen molar-refractivity contribution in [3.8, 4) is 0 Å². The zero-order chi connectivity index (χ0) is 11.5. The molecule has 4 nitrogen and oxygen atoms in total. The van der Waals surface area contributed by atoms with Crippen molar-refractivity contribution in [3.05, 3.63) is 24.0 Å². The van der Waals surface area contributed by atoms with E-state index in [1.165, 1.54) is 12.1 Å². The first-order chi connectivity index (χ1) is 7.68. The van der Waals surface area contributed by atoms with Crippen molar-refractivity contribution in [2.45, 2.75) is 18.9 Å². The maximum Gasteiger partial charge on any atom is 0.236 e. The van der Waals surface area contributed by atoms with Gasteiger partial charge in [0, 0.05) is 26.0 Å². The van der Waals surface area contributed by atoms with E-state index in [-0.39, 0.29) is 5.91 Å². The fourth-order valence-corrected chi connectivity index (χ4v) is 2.23. The smallest absolute Gasteiger partial charge is 0.236 e. The van der Waals surface area contributed by atoms with Crippen LogP contribution in [-0.2, 0) is 4.79 Å². The standard InChI is InChI=1S/C12H19N3O/c1-14(2)12(16)9-15-8-4-6-11(15)10-5-3-7-13-10/h3,5,7,11,13H,4,6,8-9H2,1-2H3. The number of carbonyl (C=O) groups excluding carboxylic acids is 1. The lowest BCUT2D eigenvalue weighted by molar-refractivity contribution is -0.130. The molecular weight excluding hydrogens is 202 g/mol. The molecule has 0 aliphatic carbocycles. The highest BCUT2D eigenvalue weighted by atomic mass is 16.2. The molecule has 88 valence electrons. The van der Waals surface area contributed by atoms with Crippen molar-refractivity contribution in [1.29, 1.82) is 0 Å². The van der Waals surface area contributed by atoms with Crippen LogP contribution in [0.25, 0.3) is 0 Å². The average Bonchev–Trinajstić information content (AvgIpc) is 2.85. The van der Waals surface area contributed by atoms with Gasteiger partial charge in [-0.3, -0.25) is 9.69 Å². The summed E-state index contributed by atoms with van der Waals surface area (Å²) in [7, 11) is 3.62. The third-order valence-corrected chi connectivity index (χ3v) is 3.18. The van der Waals surface area contributed by atoms with Crippen molar-refractivity contribution < 1.29 is 4.79 Å². The molecule has 1 atom stereocenters. The third-order valence-electron chi connectivity index (χ3n) is 3.18. The predicted molar refractivity (Wildman–Crippen MR) is 63.0 cm³/mol. The first-order valence-electron chi connectivity index (χ1n) is 5.76. The molecule has 2 rings (SSSR count). The van der Waals surface area contributed by atoms with Crippen LogP contribution in [0.2, 0.25) is 0 Å². The zero-order valence-electron chi connectivity index (χ0n) is 9.94. The largest absolute Gasteiger partial charge is 0.364 e. The number of H-pyrrole nitrogens is 1. The Labute approximate surface area is 96.2 Å². The Balaban J connectivity index is 2.01.